The fraction of sp³-hybridized carbons (Fsp3) is 0.172. The van der Waals surface area contributed by atoms with Gasteiger partial charge in [0.2, 0.25) is 11.8 Å². The zero-order valence-electron chi connectivity index (χ0n) is 20.8. The minimum Gasteiger partial charge on any atom is -0.487 e. The summed E-state index contributed by atoms with van der Waals surface area (Å²) in [7, 11) is 0. The molecule has 4 rings (SSSR count). The zero-order chi connectivity index (χ0) is 26.7. The van der Waals surface area contributed by atoms with Crippen LogP contribution in [0.5, 0.6) is 5.75 Å². The highest BCUT2D eigenvalue weighted by Gasteiger charge is 2.13. The topological polar surface area (TPSA) is 123 Å². The van der Waals surface area contributed by atoms with Crippen molar-refractivity contribution in [1.29, 1.82) is 0 Å². The summed E-state index contributed by atoms with van der Waals surface area (Å²) >= 11 is 0. The lowest BCUT2D eigenvalue weighted by atomic mass is 10.1. The molecule has 0 aliphatic heterocycles. The van der Waals surface area contributed by atoms with Gasteiger partial charge >= 0.3 is 5.97 Å². The molecule has 0 saturated heterocycles. The van der Waals surface area contributed by atoms with E-state index >= 15 is 0 Å². The number of oxazole rings is 1. The van der Waals surface area contributed by atoms with Gasteiger partial charge in [0.15, 0.2) is 0 Å². The summed E-state index contributed by atoms with van der Waals surface area (Å²) in [5, 5.41) is 15.2. The van der Waals surface area contributed by atoms with Gasteiger partial charge in [-0.15, -0.1) is 0 Å². The third-order valence-corrected chi connectivity index (χ3v) is 5.49. The highest BCUT2D eigenvalue weighted by atomic mass is 16.6. The number of amides is 1. The molecule has 3 aromatic carbocycles. The number of hydrogen-bond acceptors (Lipinski definition) is 7. The predicted octanol–water partition coefficient (Wildman–Crippen LogP) is 4.74. The second-order valence-electron chi connectivity index (χ2n) is 8.35. The summed E-state index contributed by atoms with van der Waals surface area (Å²) in [5.41, 5.74) is 3.59. The highest BCUT2D eigenvalue weighted by molar-refractivity contribution is 6.10. The molecule has 0 aliphatic carbocycles. The molecule has 0 fully saturated rings. The molecule has 2 N–H and O–H groups in total. The van der Waals surface area contributed by atoms with Gasteiger partial charge in [-0.1, -0.05) is 65.8 Å². The Hall–Kier alpha value is -4.92. The van der Waals surface area contributed by atoms with Crippen LogP contribution in [0.3, 0.4) is 0 Å². The van der Waals surface area contributed by atoms with Gasteiger partial charge < -0.3 is 24.4 Å². The van der Waals surface area contributed by atoms with Crippen LogP contribution in [0, 0.1) is 6.92 Å². The lowest BCUT2D eigenvalue weighted by molar-refractivity contribution is -0.137. The average molecular weight is 514 g/mol. The number of benzene rings is 3. The first kappa shape index (κ1) is 26.2. The Morgan fingerprint density at radius 1 is 0.947 bits per heavy atom. The van der Waals surface area contributed by atoms with Gasteiger partial charge in [-0.2, -0.15) is 0 Å². The van der Waals surface area contributed by atoms with Crippen LogP contribution in [0.4, 0.5) is 0 Å². The first-order valence-electron chi connectivity index (χ1n) is 11.9. The minimum absolute atomic E-state index is 0.114. The van der Waals surface area contributed by atoms with E-state index in [0.29, 0.717) is 28.7 Å². The van der Waals surface area contributed by atoms with E-state index < -0.39 is 18.4 Å². The van der Waals surface area contributed by atoms with Gasteiger partial charge in [-0.25, -0.2) is 4.98 Å². The molecule has 9 heteroatoms. The molecule has 0 aliphatic rings. The number of rotatable bonds is 12. The van der Waals surface area contributed by atoms with Crippen molar-refractivity contribution in [2.45, 2.75) is 26.6 Å². The van der Waals surface area contributed by atoms with E-state index in [2.05, 4.69) is 15.5 Å². The number of aromatic nitrogens is 1. The number of carbonyl (C=O) groups excluding carboxylic acids is 1. The van der Waals surface area contributed by atoms with Crippen LogP contribution >= 0.6 is 0 Å². The quantitative estimate of drug-likeness (QED) is 0.207. The summed E-state index contributed by atoms with van der Waals surface area (Å²) in [6.07, 6.45) is -0.114. The molecule has 1 heterocycles. The zero-order valence-corrected chi connectivity index (χ0v) is 20.8. The standard InChI is InChI=1S/C29H27N3O6/c1-20-26(31-29(38-20)23-10-6-3-7-11-23)19-36-24-14-12-21(13-15-24)18-37-32-25(22-8-4-2-5-9-22)16-27(33)30-17-28(34)35/h2-15H,16-19H2,1H3,(H,30,33)(H,34,35)/b32-25+. The second kappa shape index (κ2) is 12.9. The molecule has 0 bridgehead atoms. The second-order valence-corrected chi connectivity index (χ2v) is 8.35. The van der Waals surface area contributed by atoms with E-state index in [1.165, 1.54) is 0 Å². The van der Waals surface area contributed by atoms with Crippen molar-refractivity contribution >= 4 is 17.6 Å². The average Bonchev–Trinajstić information content (AvgIpc) is 3.32. The van der Waals surface area contributed by atoms with Crippen molar-refractivity contribution in [3.63, 3.8) is 0 Å². The molecule has 0 atom stereocenters. The van der Waals surface area contributed by atoms with Crippen LogP contribution in [-0.4, -0.2) is 34.2 Å². The van der Waals surface area contributed by atoms with Crippen LogP contribution in [0.1, 0.15) is 29.0 Å². The third kappa shape index (κ3) is 7.54. The first-order chi connectivity index (χ1) is 18.5. The maximum atomic E-state index is 12.1. The Kier molecular flexibility index (Phi) is 8.85. The maximum Gasteiger partial charge on any atom is 0.322 e. The van der Waals surface area contributed by atoms with Crippen LogP contribution in [-0.2, 0) is 27.6 Å². The fourth-order valence-electron chi connectivity index (χ4n) is 3.49. The van der Waals surface area contributed by atoms with Gasteiger partial charge in [-0.3, -0.25) is 9.59 Å². The van der Waals surface area contributed by atoms with Crippen LogP contribution in [0.2, 0.25) is 0 Å². The molecule has 1 amide bonds. The van der Waals surface area contributed by atoms with Crippen LogP contribution in [0.15, 0.2) is 94.5 Å². The molecule has 0 saturated carbocycles. The van der Waals surface area contributed by atoms with Gasteiger partial charge in [0.1, 0.15) is 37.0 Å². The van der Waals surface area contributed by atoms with Crippen molar-refractivity contribution in [2.75, 3.05) is 6.54 Å². The normalized spacial score (nSPS) is 11.1. The Labute approximate surface area is 219 Å². The number of oxime groups is 1. The van der Waals surface area contributed by atoms with E-state index in [1.54, 1.807) is 12.1 Å². The van der Waals surface area contributed by atoms with Crippen molar-refractivity contribution in [3.05, 3.63) is 108 Å². The monoisotopic (exact) mass is 513 g/mol. The number of hydrogen-bond donors (Lipinski definition) is 2. The molecule has 0 spiro atoms. The van der Waals surface area contributed by atoms with E-state index in [-0.39, 0.29) is 19.6 Å². The lowest BCUT2D eigenvalue weighted by Gasteiger charge is -2.08. The Balaban J connectivity index is 1.33. The maximum absolute atomic E-state index is 12.1. The van der Waals surface area contributed by atoms with E-state index in [0.717, 1.165) is 16.8 Å². The molecule has 194 valence electrons. The Morgan fingerprint density at radius 3 is 2.32 bits per heavy atom. The number of nitrogens with zero attached hydrogens (tertiary/aromatic N) is 2. The number of aryl methyl sites for hydroxylation is 1. The smallest absolute Gasteiger partial charge is 0.322 e. The molecular weight excluding hydrogens is 486 g/mol. The minimum atomic E-state index is -1.12. The molecule has 0 radical (unpaired) electrons. The van der Waals surface area contributed by atoms with Crippen molar-refractivity contribution in [3.8, 4) is 17.2 Å². The van der Waals surface area contributed by atoms with Crippen molar-refractivity contribution in [1.82, 2.24) is 10.3 Å². The number of nitrogens with one attached hydrogen (secondary N) is 1. The summed E-state index contributed by atoms with van der Waals surface area (Å²) in [6, 6.07) is 26.2. The van der Waals surface area contributed by atoms with Gasteiger partial charge in [0, 0.05) is 5.56 Å². The molecule has 9 nitrogen and oxygen atoms in total. The number of carboxylic acids is 1. The number of ether oxygens (including phenoxy) is 1. The van der Waals surface area contributed by atoms with Gasteiger partial charge in [0.05, 0.1) is 12.1 Å². The molecule has 4 aromatic rings. The number of carbonyl (C=O) groups is 2. The molecular formula is C29H27N3O6. The van der Waals surface area contributed by atoms with E-state index in [9.17, 15) is 9.59 Å². The van der Waals surface area contributed by atoms with Crippen molar-refractivity contribution in [2.24, 2.45) is 5.16 Å². The summed E-state index contributed by atoms with van der Waals surface area (Å²) < 4.78 is 11.7. The van der Waals surface area contributed by atoms with Gasteiger partial charge in [-0.05, 0) is 42.3 Å². The first-order valence-corrected chi connectivity index (χ1v) is 11.9. The summed E-state index contributed by atoms with van der Waals surface area (Å²) in [4.78, 5) is 32.9. The predicted molar refractivity (Wildman–Crippen MR) is 140 cm³/mol. The number of aliphatic carboxylic acids is 1. The number of carboxylic acid groups (broad SMARTS) is 1. The molecule has 38 heavy (non-hydrogen) atoms. The lowest BCUT2D eigenvalue weighted by Crippen LogP contribution is -2.31. The van der Waals surface area contributed by atoms with Gasteiger partial charge in [0.25, 0.3) is 0 Å². The fourth-order valence-corrected chi connectivity index (χ4v) is 3.49. The van der Waals surface area contributed by atoms with E-state index in [1.807, 2.05) is 79.7 Å². The van der Waals surface area contributed by atoms with E-state index in [4.69, 9.17) is 19.1 Å². The largest absolute Gasteiger partial charge is 0.487 e. The summed E-state index contributed by atoms with van der Waals surface area (Å²) in [5.74, 6) is 0.356. The Morgan fingerprint density at radius 2 is 1.63 bits per heavy atom. The third-order valence-electron chi connectivity index (χ3n) is 5.49. The molecule has 1 aromatic heterocycles. The molecule has 0 unspecified atom stereocenters. The summed E-state index contributed by atoms with van der Waals surface area (Å²) in [6.45, 7) is 1.85. The highest BCUT2D eigenvalue weighted by Crippen LogP contribution is 2.23. The van der Waals surface area contributed by atoms with Crippen LogP contribution in [0.25, 0.3) is 11.5 Å². The Bertz CT molecular complexity index is 1380. The van der Waals surface area contributed by atoms with Crippen LogP contribution < -0.4 is 10.1 Å². The van der Waals surface area contributed by atoms with Crippen molar-refractivity contribution < 1.29 is 28.7 Å². The SMILES string of the molecule is Cc1oc(-c2ccccc2)nc1COc1ccc(CO/N=C(\CC(=O)NCC(=O)O)c2ccccc2)cc1.